The maximum absolute atomic E-state index is 12.4. The molecule has 35 heavy (non-hydrogen) atoms. The first-order valence-corrected chi connectivity index (χ1v) is 14.6. The zero-order valence-electron chi connectivity index (χ0n) is 22.0. The topological polar surface area (TPSA) is 44.7 Å². The molecule has 1 spiro atoms. The summed E-state index contributed by atoms with van der Waals surface area (Å²) in [6.07, 6.45) is 18.7. The predicted molar refractivity (Wildman–Crippen MR) is 145 cm³/mol. The van der Waals surface area contributed by atoms with Crippen LogP contribution < -0.4 is 10.1 Å². The Balaban J connectivity index is 1.49. The number of rotatable bonds is 4. The average molecular weight is 481 g/mol. The van der Waals surface area contributed by atoms with Gasteiger partial charge < -0.3 is 15.2 Å². The third-order valence-corrected chi connectivity index (χ3v) is 10.1. The zero-order chi connectivity index (χ0) is 24.3. The van der Waals surface area contributed by atoms with E-state index in [1.807, 2.05) is 0 Å². The molecule has 1 aliphatic carbocycles. The van der Waals surface area contributed by atoms with Gasteiger partial charge in [0.15, 0.2) is 0 Å². The van der Waals surface area contributed by atoms with Crippen LogP contribution in [0.25, 0.3) is 0 Å². The van der Waals surface area contributed by atoms with Crippen LogP contribution in [0.5, 0.6) is 5.75 Å². The Kier molecular flexibility index (Phi) is 8.08. The summed E-state index contributed by atoms with van der Waals surface area (Å²) in [5, 5.41) is 16.2. The Labute approximate surface area is 213 Å². The monoisotopic (exact) mass is 480 g/mol. The highest BCUT2D eigenvalue weighted by molar-refractivity contribution is 5.59. The summed E-state index contributed by atoms with van der Waals surface area (Å²) in [5.41, 5.74) is 2.60. The SMILES string of the molecule is C=CC1CN2CCC1CC2C(O)C1c2cc(OC)ccc2NCC12CCCCCCCCCCC2. The molecular weight excluding hydrogens is 432 g/mol. The number of aliphatic hydroxyl groups is 1. The summed E-state index contributed by atoms with van der Waals surface area (Å²) in [6, 6.07) is 6.73. The Morgan fingerprint density at radius 3 is 2.37 bits per heavy atom. The highest BCUT2D eigenvalue weighted by atomic mass is 16.5. The molecule has 1 aromatic rings. The van der Waals surface area contributed by atoms with Crippen molar-refractivity contribution < 1.29 is 9.84 Å². The van der Waals surface area contributed by atoms with E-state index in [2.05, 4.69) is 41.1 Å². The lowest BCUT2D eigenvalue weighted by molar-refractivity contribution is -0.0724. The molecule has 2 bridgehead atoms. The summed E-state index contributed by atoms with van der Waals surface area (Å²) in [6.45, 7) is 7.30. The van der Waals surface area contributed by atoms with Gasteiger partial charge in [-0.1, -0.05) is 63.9 Å². The molecule has 4 nitrogen and oxygen atoms in total. The molecule has 0 aromatic heterocycles. The molecule has 5 aliphatic rings. The van der Waals surface area contributed by atoms with Crippen molar-refractivity contribution in [3.05, 3.63) is 36.4 Å². The number of aliphatic hydroxyl groups excluding tert-OH is 1. The van der Waals surface area contributed by atoms with Gasteiger partial charge in [-0.2, -0.15) is 0 Å². The van der Waals surface area contributed by atoms with Crippen molar-refractivity contribution in [3.8, 4) is 5.75 Å². The van der Waals surface area contributed by atoms with Crippen molar-refractivity contribution in [2.24, 2.45) is 17.3 Å². The van der Waals surface area contributed by atoms with Gasteiger partial charge in [0.25, 0.3) is 0 Å². The Bertz CT molecular complexity index is 842. The van der Waals surface area contributed by atoms with Crippen molar-refractivity contribution in [3.63, 3.8) is 0 Å². The van der Waals surface area contributed by atoms with E-state index in [0.29, 0.717) is 11.8 Å². The number of ether oxygens (including phenoxy) is 1. The van der Waals surface area contributed by atoms with Gasteiger partial charge in [0, 0.05) is 30.7 Å². The zero-order valence-corrected chi connectivity index (χ0v) is 22.0. The molecule has 4 fully saturated rings. The normalized spacial score (nSPS) is 34.1. The van der Waals surface area contributed by atoms with Gasteiger partial charge in [-0.25, -0.2) is 0 Å². The van der Waals surface area contributed by atoms with E-state index in [1.54, 1.807) is 7.11 Å². The number of anilines is 1. The van der Waals surface area contributed by atoms with Crippen LogP contribution in [0.1, 0.15) is 95.0 Å². The van der Waals surface area contributed by atoms with Crippen molar-refractivity contribution in [2.45, 2.75) is 102 Å². The lowest BCUT2D eigenvalue weighted by atomic mass is 9.59. The number of hydrogen-bond donors (Lipinski definition) is 2. The standard InChI is InChI=1S/C31H48N2O2/c1-3-23-21-33-18-15-24(23)19-28(33)30(34)29-26-20-25(35-2)13-14-27(26)32-22-31(29)16-11-9-7-5-4-6-8-10-12-17-31/h3,13-14,20,23-24,28-30,32,34H,1,4-12,15-19,21-22H2,2H3. The van der Waals surface area contributed by atoms with Crippen LogP contribution in [0.4, 0.5) is 5.69 Å². The number of hydrogen-bond acceptors (Lipinski definition) is 4. The van der Waals surface area contributed by atoms with E-state index in [9.17, 15) is 5.11 Å². The van der Waals surface area contributed by atoms with E-state index in [4.69, 9.17) is 4.74 Å². The first-order valence-electron chi connectivity index (χ1n) is 14.6. The molecule has 4 aliphatic heterocycles. The van der Waals surface area contributed by atoms with Crippen LogP contribution in [-0.4, -0.2) is 48.9 Å². The van der Waals surface area contributed by atoms with E-state index in [0.717, 1.165) is 31.8 Å². The second-order valence-corrected chi connectivity index (χ2v) is 12.1. The molecule has 6 unspecified atom stereocenters. The molecule has 6 atom stereocenters. The average Bonchev–Trinajstić information content (AvgIpc) is 2.90. The maximum atomic E-state index is 12.4. The highest BCUT2D eigenvalue weighted by Gasteiger charge is 2.51. The highest BCUT2D eigenvalue weighted by Crippen LogP contribution is 2.54. The van der Waals surface area contributed by atoms with Crippen LogP contribution in [0, 0.1) is 17.3 Å². The van der Waals surface area contributed by atoms with E-state index in [1.165, 1.54) is 88.3 Å². The molecule has 4 heteroatoms. The van der Waals surface area contributed by atoms with Gasteiger partial charge in [0.2, 0.25) is 0 Å². The van der Waals surface area contributed by atoms with Crippen LogP contribution in [-0.2, 0) is 0 Å². The van der Waals surface area contributed by atoms with Crippen LogP contribution >= 0.6 is 0 Å². The Morgan fingerprint density at radius 2 is 1.77 bits per heavy atom. The summed E-state index contributed by atoms with van der Waals surface area (Å²) >= 11 is 0. The molecule has 0 radical (unpaired) electrons. The molecule has 1 saturated carbocycles. The molecular formula is C31H48N2O2. The largest absolute Gasteiger partial charge is 0.497 e. The minimum atomic E-state index is -0.343. The first-order chi connectivity index (χ1) is 17.1. The molecule has 3 saturated heterocycles. The molecule has 0 amide bonds. The summed E-state index contributed by atoms with van der Waals surface area (Å²) in [7, 11) is 1.76. The van der Waals surface area contributed by atoms with Gasteiger partial charge in [0.1, 0.15) is 5.75 Å². The quantitative estimate of drug-likeness (QED) is 0.468. The fourth-order valence-electron chi connectivity index (χ4n) is 8.10. The Hall–Kier alpha value is -1.52. The lowest BCUT2D eigenvalue weighted by Gasteiger charge is -2.55. The second-order valence-electron chi connectivity index (χ2n) is 12.1. The smallest absolute Gasteiger partial charge is 0.119 e. The number of fused-ring (bicyclic) bond motifs is 4. The second kappa shape index (κ2) is 11.3. The summed E-state index contributed by atoms with van der Waals surface area (Å²) in [4.78, 5) is 2.60. The molecule has 194 valence electrons. The molecule has 4 heterocycles. The third kappa shape index (κ3) is 5.16. The van der Waals surface area contributed by atoms with Gasteiger partial charge in [-0.3, -0.25) is 4.90 Å². The van der Waals surface area contributed by atoms with E-state index < -0.39 is 0 Å². The number of methoxy groups -OCH3 is 1. The molecule has 2 N–H and O–H groups in total. The first kappa shape index (κ1) is 25.1. The Morgan fingerprint density at radius 1 is 1.09 bits per heavy atom. The number of nitrogens with one attached hydrogen (secondary N) is 1. The van der Waals surface area contributed by atoms with Gasteiger partial charge in [-0.05, 0) is 73.2 Å². The predicted octanol–water partition coefficient (Wildman–Crippen LogP) is 6.75. The minimum absolute atomic E-state index is 0.105. The van der Waals surface area contributed by atoms with Crippen molar-refractivity contribution >= 4 is 5.69 Å². The van der Waals surface area contributed by atoms with E-state index in [-0.39, 0.29) is 23.5 Å². The van der Waals surface area contributed by atoms with Crippen LogP contribution in [0.3, 0.4) is 0 Å². The number of benzene rings is 1. The van der Waals surface area contributed by atoms with Crippen molar-refractivity contribution in [1.82, 2.24) is 4.90 Å². The van der Waals surface area contributed by atoms with Crippen molar-refractivity contribution in [2.75, 3.05) is 32.1 Å². The van der Waals surface area contributed by atoms with Gasteiger partial charge in [0.05, 0.1) is 13.2 Å². The summed E-state index contributed by atoms with van der Waals surface area (Å²) in [5.74, 6) is 2.33. The van der Waals surface area contributed by atoms with Gasteiger partial charge in [-0.15, -0.1) is 6.58 Å². The van der Waals surface area contributed by atoms with Crippen LogP contribution in [0.2, 0.25) is 0 Å². The minimum Gasteiger partial charge on any atom is -0.497 e. The van der Waals surface area contributed by atoms with Crippen LogP contribution in [0.15, 0.2) is 30.9 Å². The number of piperidine rings is 3. The summed E-state index contributed by atoms with van der Waals surface area (Å²) < 4.78 is 5.69. The lowest BCUT2D eigenvalue weighted by Crippen LogP contribution is -2.60. The number of nitrogens with zero attached hydrogens (tertiary/aromatic N) is 1. The maximum Gasteiger partial charge on any atom is 0.119 e. The van der Waals surface area contributed by atoms with E-state index >= 15 is 0 Å². The fourth-order valence-corrected chi connectivity index (χ4v) is 8.10. The fraction of sp³-hybridized carbons (Fsp3) is 0.742. The molecule has 6 rings (SSSR count). The van der Waals surface area contributed by atoms with Crippen molar-refractivity contribution in [1.29, 1.82) is 0 Å². The third-order valence-electron chi connectivity index (χ3n) is 10.1. The van der Waals surface area contributed by atoms with Gasteiger partial charge >= 0.3 is 0 Å². The molecule has 1 aromatic carbocycles.